The van der Waals surface area contributed by atoms with E-state index in [1.165, 1.54) is 0 Å². The number of rotatable bonds is 13. The summed E-state index contributed by atoms with van der Waals surface area (Å²) in [5.74, 6) is 0.142. The molecule has 2 N–H and O–H groups in total. The fraction of sp³-hybridized carbons (Fsp3) is 0.391. The van der Waals surface area contributed by atoms with Crippen LogP contribution < -0.4 is 20.1 Å². The van der Waals surface area contributed by atoms with Crippen molar-refractivity contribution in [1.82, 2.24) is 10.6 Å². The van der Waals surface area contributed by atoms with Gasteiger partial charge in [-0.2, -0.15) is 0 Å². The quantitative estimate of drug-likeness (QED) is 0.442. The lowest BCUT2D eigenvalue weighted by Gasteiger charge is -2.12. The highest BCUT2D eigenvalue weighted by atomic mass is 32.2. The zero-order valence-electron chi connectivity index (χ0n) is 18.4. The summed E-state index contributed by atoms with van der Waals surface area (Å²) in [6, 6.07) is 13.8. The van der Waals surface area contributed by atoms with Crippen molar-refractivity contribution in [3.8, 4) is 11.5 Å². The summed E-state index contributed by atoms with van der Waals surface area (Å²) in [4.78, 5) is 24.3. The molecule has 0 spiro atoms. The van der Waals surface area contributed by atoms with Gasteiger partial charge in [-0.3, -0.25) is 9.59 Å². The zero-order valence-corrected chi connectivity index (χ0v) is 19.2. The van der Waals surface area contributed by atoms with E-state index in [-0.39, 0.29) is 24.6 Å². The zero-order chi connectivity index (χ0) is 23.4. The Morgan fingerprint density at radius 1 is 0.906 bits per heavy atom. The van der Waals surface area contributed by atoms with Gasteiger partial charge in [0.1, 0.15) is 0 Å². The van der Waals surface area contributed by atoms with Crippen LogP contribution >= 0.6 is 0 Å². The Bertz CT molecular complexity index is 993. The molecule has 0 fully saturated rings. The Hall–Kier alpha value is -3.07. The summed E-state index contributed by atoms with van der Waals surface area (Å²) in [7, 11) is -3.25. The molecule has 0 aliphatic heterocycles. The van der Waals surface area contributed by atoms with E-state index in [4.69, 9.17) is 9.47 Å². The molecule has 32 heavy (non-hydrogen) atoms. The maximum atomic E-state index is 12.3. The molecule has 0 saturated carbocycles. The lowest BCUT2D eigenvalue weighted by atomic mass is 10.2. The Balaban J connectivity index is 1.74. The molecule has 2 rings (SSSR count). The van der Waals surface area contributed by atoms with Crippen LogP contribution in [-0.2, 0) is 20.4 Å². The molecule has 0 aliphatic rings. The number of carbonyl (C=O) groups excluding carboxylic acids is 2. The Labute approximate surface area is 189 Å². The maximum Gasteiger partial charge on any atom is 0.251 e. The van der Waals surface area contributed by atoms with Crippen molar-refractivity contribution in [2.24, 2.45) is 0 Å². The van der Waals surface area contributed by atoms with Crippen LogP contribution in [0.5, 0.6) is 11.5 Å². The highest BCUT2D eigenvalue weighted by molar-refractivity contribution is 7.90. The highest BCUT2D eigenvalue weighted by Crippen LogP contribution is 2.28. The van der Waals surface area contributed by atoms with Crippen LogP contribution in [0.1, 0.15) is 36.2 Å². The van der Waals surface area contributed by atoms with Crippen molar-refractivity contribution >= 4 is 21.7 Å². The number of nitrogens with one attached hydrogen (secondary N) is 2. The number of sulfone groups is 1. The molecule has 0 saturated heterocycles. The molecule has 9 heteroatoms. The van der Waals surface area contributed by atoms with Crippen molar-refractivity contribution in [3.63, 3.8) is 0 Å². The largest absolute Gasteiger partial charge is 0.490 e. The van der Waals surface area contributed by atoms with Crippen LogP contribution in [0.25, 0.3) is 0 Å². The van der Waals surface area contributed by atoms with Gasteiger partial charge in [0.05, 0.1) is 31.3 Å². The number of carbonyl (C=O) groups is 2. The second-order valence-corrected chi connectivity index (χ2v) is 9.18. The molecule has 0 bridgehead atoms. The molecule has 8 nitrogen and oxygen atoms in total. The first-order valence-corrected chi connectivity index (χ1v) is 12.4. The number of hydrogen-bond donors (Lipinski definition) is 2. The fourth-order valence-corrected chi connectivity index (χ4v) is 4.37. The average molecular weight is 463 g/mol. The SMILES string of the molecule is CCOc1ccc(C(=O)NCC(=O)NCCCS(=O)(=O)Cc2ccccc2)cc1OCC. The van der Waals surface area contributed by atoms with Crippen LogP contribution in [-0.4, -0.2) is 52.3 Å². The number of ether oxygens (including phenoxy) is 2. The van der Waals surface area contributed by atoms with E-state index < -0.39 is 21.7 Å². The molecule has 2 aromatic carbocycles. The van der Waals surface area contributed by atoms with Crippen molar-refractivity contribution in [1.29, 1.82) is 0 Å². The van der Waals surface area contributed by atoms with Crippen LogP contribution in [0.2, 0.25) is 0 Å². The van der Waals surface area contributed by atoms with E-state index in [0.717, 1.165) is 5.56 Å². The van der Waals surface area contributed by atoms with Crippen LogP contribution in [0.4, 0.5) is 0 Å². The summed E-state index contributed by atoms with van der Waals surface area (Å²) in [5, 5.41) is 5.16. The molecule has 2 aromatic rings. The van der Waals surface area contributed by atoms with Gasteiger partial charge in [-0.05, 0) is 44.0 Å². The Morgan fingerprint density at radius 3 is 2.28 bits per heavy atom. The number of benzene rings is 2. The third-order valence-corrected chi connectivity index (χ3v) is 6.08. The summed E-state index contributed by atoms with van der Waals surface area (Å²) in [5.41, 5.74) is 1.08. The van der Waals surface area contributed by atoms with Gasteiger partial charge in [-0.25, -0.2) is 8.42 Å². The van der Waals surface area contributed by atoms with Crippen molar-refractivity contribution in [3.05, 3.63) is 59.7 Å². The maximum absolute atomic E-state index is 12.3. The predicted molar refractivity (Wildman–Crippen MR) is 123 cm³/mol. The summed E-state index contributed by atoms with van der Waals surface area (Å²) >= 11 is 0. The molecular formula is C23H30N2O6S. The average Bonchev–Trinajstić information content (AvgIpc) is 2.77. The van der Waals surface area contributed by atoms with Crippen LogP contribution in [0, 0.1) is 0 Å². The van der Waals surface area contributed by atoms with Gasteiger partial charge in [-0.15, -0.1) is 0 Å². The van der Waals surface area contributed by atoms with Gasteiger partial charge in [0.15, 0.2) is 21.3 Å². The molecular weight excluding hydrogens is 432 g/mol. The molecule has 0 radical (unpaired) electrons. The first kappa shape index (κ1) is 25.2. The summed E-state index contributed by atoms with van der Waals surface area (Å²) < 4.78 is 35.3. The second-order valence-electron chi connectivity index (χ2n) is 6.99. The van der Waals surface area contributed by atoms with Crippen LogP contribution in [0.15, 0.2) is 48.5 Å². The van der Waals surface area contributed by atoms with Crippen LogP contribution in [0.3, 0.4) is 0 Å². The van der Waals surface area contributed by atoms with E-state index in [0.29, 0.717) is 36.7 Å². The summed E-state index contributed by atoms with van der Waals surface area (Å²) in [6.07, 6.45) is 0.297. The monoisotopic (exact) mass is 462 g/mol. The minimum absolute atomic E-state index is 0.0241. The highest BCUT2D eigenvalue weighted by Gasteiger charge is 2.14. The molecule has 0 aromatic heterocycles. The second kappa shape index (κ2) is 12.7. The van der Waals surface area contributed by atoms with Crippen molar-refractivity contribution in [2.45, 2.75) is 26.0 Å². The van der Waals surface area contributed by atoms with E-state index >= 15 is 0 Å². The van der Waals surface area contributed by atoms with Gasteiger partial charge < -0.3 is 20.1 Å². The van der Waals surface area contributed by atoms with Gasteiger partial charge >= 0.3 is 0 Å². The fourth-order valence-electron chi connectivity index (χ4n) is 2.94. The third-order valence-electron chi connectivity index (χ3n) is 4.40. The smallest absolute Gasteiger partial charge is 0.251 e. The minimum Gasteiger partial charge on any atom is -0.490 e. The topological polar surface area (TPSA) is 111 Å². The first-order chi connectivity index (χ1) is 15.3. The normalized spacial score (nSPS) is 10.9. The molecule has 0 heterocycles. The minimum atomic E-state index is -3.25. The standard InChI is InChI=1S/C23H30N2O6S/c1-3-30-20-12-11-19(15-21(20)31-4-2)23(27)25-16-22(26)24-13-8-14-32(28,29)17-18-9-6-5-7-10-18/h5-7,9-12,15H,3-4,8,13-14,16-17H2,1-2H3,(H,24,26)(H,25,27). The van der Waals surface area contributed by atoms with E-state index in [9.17, 15) is 18.0 Å². The molecule has 174 valence electrons. The first-order valence-electron chi connectivity index (χ1n) is 10.5. The molecule has 2 amide bonds. The van der Waals surface area contributed by atoms with Gasteiger partial charge in [0.2, 0.25) is 5.91 Å². The van der Waals surface area contributed by atoms with Gasteiger partial charge in [0, 0.05) is 12.1 Å². The summed E-state index contributed by atoms with van der Waals surface area (Å²) in [6.45, 7) is 4.58. The van der Waals surface area contributed by atoms with Crippen molar-refractivity contribution in [2.75, 3.05) is 32.1 Å². The number of hydrogen-bond acceptors (Lipinski definition) is 6. The van der Waals surface area contributed by atoms with E-state index in [2.05, 4.69) is 10.6 Å². The predicted octanol–water partition coefficient (Wildman–Crippen LogP) is 2.34. The number of amides is 2. The lowest BCUT2D eigenvalue weighted by Crippen LogP contribution is -2.37. The van der Waals surface area contributed by atoms with Gasteiger partial charge in [-0.1, -0.05) is 30.3 Å². The van der Waals surface area contributed by atoms with Crippen molar-refractivity contribution < 1.29 is 27.5 Å². The van der Waals surface area contributed by atoms with Gasteiger partial charge in [0.25, 0.3) is 5.91 Å². The third kappa shape index (κ3) is 8.58. The van der Waals surface area contributed by atoms with E-state index in [1.54, 1.807) is 42.5 Å². The Kier molecular flexibility index (Phi) is 10.0. The van der Waals surface area contributed by atoms with E-state index in [1.807, 2.05) is 19.9 Å². The lowest BCUT2D eigenvalue weighted by molar-refractivity contribution is -0.120. The molecule has 0 unspecified atom stereocenters. The molecule has 0 aliphatic carbocycles. The Morgan fingerprint density at radius 2 is 1.59 bits per heavy atom. The molecule has 0 atom stereocenters.